The van der Waals surface area contributed by atoms with Crippen molar-refractivity contribution in [2.24, 2.45) is 0 Å². The molecule has 0 aliphatic rings. The maximum Gasteiger partial charge on any atom is 0.321 e. The first-order chi connectivity index (χ1) is 11.6. The second kappa shape index (κ2) is 8.59. The lowest BCUT2D eigenvalue weighted by Gasteiger charge is -2.23. The fourth-order valence-corrected chi connectivity index (χ4v) is 2.06. The van der Waals surface area contributed by atoms with Gasteiger partial charge in [0.25, 0.3) is 0 Å². The number of nitrogens with zero attached hydrogens (tertiary/aromatic N) is 2. The van der Waals surface area contributed by atoms with Crippen molar-refractivity contribution in [3.05, 3.63) is 60.2 Å². The fraction of sp³-hybridized carbons (Fsp3) is 0.263. The molecule has 2 rings (SSSR count). The number of hydrogen-bond donors (Lipinski definition) is 1. The van der Waals surface area contributed by atoms with Crippen LogP contribution in [0.25, 0.3) is 0 Å². The molecule has 24 heavy (non-hydrogen) atoms. The molecular formula is C19H21N3O2. The molecule has 0 aliphatic heterocycles. The van der Waals surface area contributed by atoms with Crippen molar-refractivity contribution >= 4 is 11.7 Å². The number of nitriles is 1. The van der Waals surface area contributed by atoms with Crippen LogP contribution in [0.5, 0.6) is 5.75 Å². The van der Waals surface area contributed by atoms with E-state index in [-0.39, 0.29) is 12.1 Å². The zero-order valence-electron chi connectivity index (χ0n) is 13.9. The van der Waals surface area contributed by atoms with Crippen LogP contribution in [0.2, 0.25) is 0 Å². The van der Waals surface area contributed by atoms with E-state index in [1.165, 1.54) is 4.90 Å². The standard InChI is InChI=1S/C19H21N3O2/c1-15(12-13-20)22(2)19(23)21-17-8-10-18(11-9-17)24-14-16-6-4-3-5-7-16/h3-11,15H,12,14H2,1-2H3,(H,21,23)/t15-/m1/s1. The van der Waals surface area contributed by atoms with Crippen LogP contribution in [-0.4, -0.2) is 24.0 Å². The highest BCUT2D eigenvalue weighted by atomic mass is 16.5. The first-order valence-corrected chi connectivity index (χ1v) is 7.77. The Morgan fingerprint density at radius 2 is 1.88 bits per heavy atom. The summed E-state index contributed by atoms with van der Waals surface area (Å²) >= 11 is 0. The number of nitrogens with one attached hydrogen (secondary N) is 1. The molecule has 1 atom stereocenters. The van der Waals surface area contributed by atoms with Gasteiger partial charge in [-0.2, -0.15) is 5.26 Å². The quantitative estimate of drug-likeness (QED) is 0.873. The van der Waals surface area contributed by atoms with Crippen LogP contribution >= 0.6 is 0 Å². The minimum absolute atomic E-state index is 0.136. The van der Waals surface area contributed by atoms with Gasteiger partial charge in [-0.1, -0.05) is 30.3 Å². The number of urea groups is 1. The second-order valence-electron chi connectivity index (χ2n) is 5.55. The first-order valence-electron chi connectivity index (χ1n) is 7.77. The predicted octanol–water partition coefficient (Wildman–Crippen LogP) is 4.03. The number of benzene rings is 2. The topological polar surface area (TPSA) is 65.4 Å². The Morgan fingerprint density at radius 1 is 1.21 bits per heavy atom. The van der Waals surface area contributed by atoms with Gasteiger partial charge in [0.2, 0.25) is 0 Å². The summed E-state index contributed by atoms with van der Waals surface area (Å²) in [4.78, 5) is 13.6. The maximum atomic E-state index is 12.1. The Bertz CT molecular complexity index is 693. The molecule has 0 unspecified atom stereocenters. The van der Waals surface area contributed by atoms with Gasteiger partial charge in [0.15, 0.2) is 0 Å². The molecule has 2 amide bonds. The molecule has 0 bridgehead atoms. The second-order valence-corrected chi connectivity index (χ2v) is 5.55. The largest absolute Gasteiger partial charge is 0.489 e. The van der Waals surface area contributed by atoms with Crippen LogP contribution in [0.1, 0.15) is 18.9 Å². The van der Waals surface area contributed by atoms with Crippen molar-refractivity contribution in [3.8, 4) is 11.8 Å². The van der Waals surface area contributed by atoms with Crippen LogP contribution in [0.15, 0.2) is 54.6 Å². The van der Waals surface area contributed by atoms with Gasteiger partial charge in [0.1, 0.15) is 12.4 Å². The van der Waals surface area contributed by atoms with Crippen LogP contribution < -0.4 is 10.1 Å². The Balaban J connectivity index is 1.87. The van der Waals surface area contributed by atoms with Gasteiger partial charge in [0, 0.05) is 18.8 Å². The first kappa shape index (κ1) is 17.4. The molecule has 0 saturated heterocycles. The Morgan fingerprint density at radius 3 is 2.50 bits per heavy atom. The monoisotopic (exact) mass is 323 g/mol. The molecule has 5 nitrogen and oxygen atoms in total. The molecule has 2 aromatic rings. The maximum absolute atomic E-state index is 12.1. The molecule has 0 spiro atoms. The molecule has 124 valence electrons. The zero-order chi connectivity index (χ0) is 17.4. The summed E-state index contributed by atoms with van der Waals surface area (Å²) in [6.07, 6.45) is 0.302. The number of hydrogen-bond acceptors (Lipinski definition) is 3. The van der Waals surface area contributed by atoms with Crippen molar-refractivity contribution < 1.29 is 9.53 Å². The summed E-state index contributed by atoms with van der Waals surface area (Å²) < 4.78 is 5.71. The normalized spacial score (nSPS) is 11.2. The lowest BCUT2D eigenvalue weighted by atomic mass is 10.2. The highest BCUT2D eigenvalue weighted by Gasteiger charge is 2.15. The van der Waals surface area contributed by atoms with Gasteiger partial charge in [-0.25, -0.2) is 4.79 Å². The summed E-state index contributed by atoms with van der Waals surface area (Å²) in [5, 5.41) is 11.5. The molecule has 0 fully saturated rings. The molecule has 0 aromatic heterocycles. The van der Waals surface area contributed by atoms with E-state index in [9.17, 15) is 4.79 Å². The molecule has 0 radical (unpaired) electrons. The van der Waals surface area contributed by atoms with Crippen LogP contribution in [0.3, 0.4) is 0 Å². The molecular weight excluding hydrogens is 302 g/mol. The summed E-state index contributed by atoms with van der Waals surface area (Å²) in [6, 6.07) is 18.8. The number of carbonyl (C=O) groups excluding carboxylic acids is 1. The zero-order valence-corrected chi connectivity index (χ0v) is 13.9. The van der Waals surface area contributed by atoms with E-state index in [0.717, 1.165) is 11.3 Å². The molecule has 5 heteroatoms. The molecule has 1 N–H and O–H groups in total. The van der Waals surface area contributed by atoms with Crippen LogP contribution in [-0.2, 0) is 6.61 Å². The number of anilines is 1. The van der Waals surface area contributed by atoms with Crippen molar-refractivity contribution in [1.82, 2.24) is 4.90 Å². The highest BCUT2D eigenvalue weighted by Crippen LogP contribution is 2.17. The van der Waals surface area contributed by atoms with E-state index in [0.29, 0.717) is 18.7 Å². The third-order valence-corrected chi connectivity index (χ3v) is 3.72. The lowest BCUT2D eigenvalue weighted by Crippen LogP contribution is -2.38. The van der Waals surface area contributed by atoms with E-state index in [2.05, 4.69) is 11.4 Å². The number of amides is 2. The predicted molar refractivity (Wildman–Crippen MR) is 93.7 cm³/mol. The Kier molecular flexibility index (Phi) is 6.21. The van der Waals surface area contributed by atoms with E-state index in [1.807, 2.05) is 49.4 Å². The number of carbonyl (C=O) groups is 1. The minimum atomic E-state index is -0.240. The van der Waals surface area contributed by atoms with E-state index < -0.39 is 0 Å². The van der Waals surface area contributed by atoms with Gasteiger partial charge in [-0.15, -0.1) is 0 Å². The van der Waals surface area contributed by atoms with E-state index >= 15 is 0 Å². The number of rotatable bonds is 6. The number of ether oxygens (including phenoxy) is 1. The third kappa shape index (κ3) is 5.03. The molecule has 2 aromatic carbocycles. The van der Waals surface area contributed by atoms with E-state index in [4.69, 9.17) is 10.00 Å². The van der Waals surface area contributed by atoms with Gasteiger partial charge in [-0.3, -0.25) is 0 Å². The fourth-order valence-electron chi connectivity index (χ4n) is 2.06. The average Bonchev–Trinajstić information content (AvgIpc) is 2.61. The lowest BCUT2D eigenvalue weighted by molar-refractivity contribution is 0.208. The van der Waals surface area contributed by atoms with Gasteiger partial charge >= 0.3 is 6.03 Å². The third-order valence-electron chi connectivity index (χ3n) is 3.72. The van der Waals surface area contributed by atoms with Crippen molar-refractivity contribution in [2.75, 3.05) is 12.4 Å². The van der Waals surface area contributed by atoms with Crippen LogP contribution in [0.4, 0.5) is 10.5 Å². The summed E-state index contributed by atoms with van der Waals surface area (Å²) in [5.41, 5.74) is 1.78. The molecule has 0 heterocycles. The molecule has 0 saturated carbocycles. The minimum Gasteiger partial charge on any atom is -0.489 e. The Hall–Kier alpha value is -3.00. The summed E-state index contributed by atoms with van der Waals surface area (Å²) in [6.45, 7) is 2.34. The molecule has 0 aliphatic carbocycles. The Labute approximate surface area is 142 Å². The van der Waals surface area contributed by atoms with Gasteiger partial charge < -0.3 is 15.0 Å². The summed E-state index contributed by atoms with van der Waals surface area (Å²) in [5.74, 6) is 0.739. The average molecular weight is 323 g/mol. The SMILES string of the molecule is C[C@H](CC#N)N(C)C(=O)Nc1ccc(OCc2ccccc2)cc1. The smallest absolute Gasteiger partial charge is 0.321 e. The van der Waals surface area contributed by atoms with Crippen molar-refractivity contribution in [3.63, 3.8) is 0 Å². The van der Waals surface area contributed by atoms with Crippen LogP contribution in [0, 0.1) is 11.3 Å². The highest BCUT2D eigenvalue weighted by molar-refractivity contribution is 5.89. The van der Waals surface area contributed by atoms with Gasteiger partial charge in [0.05, 0.1) is 12.5 Å². The van der Waals surface area contributed by atoms with Gasteiger partial charge in [-0.05, 0) is 36.8 Å². The van der Waals surface area contributed by atoms with Crippen molar-refractivity contribution in [1.29, 1.82) is 5.26 Å². The summed E-state index contributed by atoms with van der Waals surface area (Å²) in [7, 11) is 1.68. The van der Waals surface area contributed by atoms with Crippen molar-refractivity contribution in [2.45, 2.75) is 26.0 Å². The van der Waals surface area contributed by atoms with E-state index in [1.54, 1.807) is 19.2 Å².